The number of urea groups is 1. The predicted octanol–water partition coefficient (Wildman–Crippen LogP) is 4.86. The van der Waals surface area contributed by atoms with Crippen molar-refractivity contribution in [3.05, 3.63) is 71.6 Å². The molecule has 218 valence electrons. The van der Waals surface area contributed by atoms with E-state index in [1.807, 2.05) is 37.3 Å². The van der Waals surface area contributed by atoms with Gasteiger partial charge in [0.1, 0.15) is 23.9 Å². The first-order valence-corrected chi connectivity index (χ1v) is 14.0. The number of amides is 3. The van der Waals surface area contributed by atoms with Crippen LogP contribution < -0.4 is 20.7 Å². The molecular formula is C30H33N7O5. The van der Waals surface area contributed by atoms with Gasteiger partial charge in [-0.1, -0.05) is 11.2 Å². The number of aromatic amines is 1. The Morgan fingerprint density at radius 2 is 1.90 bits per heavy atom. The predicted molar refractivity (Wildman–Crippen MR) is 157 cm³/mol. The molecule has 0 spiro atoms. The van der Waals surface area contributed by atoms with E-state index < -0.39 is 6.03 Å². The van der Waals surface area contributed by atoms with E-state index in [1.54, 1.807) is 24.4 Å². The van der Waals surface area contributed by atoms with Crippen LogP contribution >= 0.6 is 0 Å². The zero-order valence-corrected chi connectivity index (χ0v) is 23.3. The number of carbonyl (C=O) groups excluding carboxylic acids is 2. The van der Waals surface area contributed by atoms with Crippen molar-refractivity contribution in [2.45, 2.75) is 25.7 Å². The Morgan fingerprint density at radius 1 is 1.05 bits per heavy atom. The summed E-state index contributed by atoms with van der Waals surface area (Å²) in [5, 5.41) is 19.0. The summed E-state index contributed by atoms with van der Waals surface area (Å²) in [5.74, 6) is 2.49. The van der Waals surface area contributed by atoms with E-state index in [4.69, 9.17) is 14.0 Å². The first kappa shape index (κ1) is 27.5. The van der Waals surface area contributed by atoms with Crippen molar-refractivity contribution in [3.63, 3.8) is 0 Å². The molecule has 1 aliphatic carbocycles. The number of nitrogens with one attached hydrogen (secondary N) is 4. The molecule has 2 aromatic carbocycles. The number of aromatic nitrogens is 3. The molecule has 1 aliphatic heterocycles. The molecule has 42 heavy (non-hydrogen) atoms. The second kappa shape index (κ2) is 12.5. The first-order valence-electron chi connectivity index (χ1n) is 14.0. The Morgan fingerprint density at radius 3 is 2.67 bits per heavy atom. The van der Waals surface area contributed by atoms with E-state index in [9.17, 15) is 9.59 Å². The van der Waals surface area contributed by atoms with Gasteiger partial charge < -0.3 is 24.6 Å². The summed E-state index contributed by atoms with van der Waals surface area (Å²) < 4.78 is 17.0. The Kier molecular flexibility index (Phi) is 8.15. The molecule has 3 heterocycles. The van der Waals surface area contributed by atoms with Crippen LogP contribution in [-0.4, -0.2) is 71.6 Å². The number of morpholine rings is 1. The lowest BCUT2D eigenvalue weighted by atomic mass is 9.99. The molecule has 0 unspecified atom stereocenters. The van der Waals surface area contributed by atoms with Gasteiger partial charge >= 0.3 is 6.03 Å². The highest BCUT2D eigenvalue weighted by molar-refractivity contribution is 6.05. The largest absolute Gasteiger partial charge is 0.492 e. The number of rotatable bonds is 10. The normalized spacial score (nSPS) is 15.3. The molecule has 0 radical (unpaired) electrons. The van der Waals surface area contributed by atoms with Crippen molar-refractivity contribution in [2.24, 2.45) is 0 Å². The Labute approximate surface area is 242 Å². The molecule has 2 fully saturated rings. The van der Waals surface area contributed by atoms with E-state index in [2.05, 4.69) is 36.2 Å². The summed E-state index contributed by atoms with van der Waals surface area (Å²) >= 11 is 0. The van der Waals surface area contributed by atoms with Gasteiger partial charge in [-0.2, -0.15) is 5.10 Å². The lowest BCUT2D eigenvalue weighted by Crippen LogP contribution is -2.38. The summed E-state index contributed by atoms with van der Waals surface area (Å²) in [6, 6.07) is 14.1. The number of anilines is 3. The first-order chi connectivity index (χ1) is 20.5. The third-order valence-corrected chi connectivity index (χ3v) is 7.29. The summed E-state index contributed by atoms with van der Waals surface area (Å²) in [7, 11) is 0. The highest BCUT2D eigenvalue weighted by atomic mass is 16.5. The standard InChI is InChI=1S/C30H33N7O5/c1-19-16-21(4-6-24(19)32-30(39)34-28-18-26(42-36-28)20-2-3-20)23-17-22(29(38)33-27-8-9-31-35-27)5-7-25(23)41-15-12-37-10-13-40-14-11-37/h4-9,16-18,20H,2-3,10-15H2,1H3,(H2,31,33,35,38)(H2,32,34,36,39). The molecule has 2 aromatic heterocycles. The quantitative estimate of drug-likeness (QED) is 0.211. The molecule has 4 aromatic rings. The smallest absolute Gasteiger partial charge is 0.324 e. The van der Waals surface area contributed by atoms with Crippen LogP contribution in [0.15, 0.2) is 59.3 Å². The van der Waals surface area contributed by atoms with Crippen molar-refractivity contribution in [3.8, 4) is 16.9 Å². The lowest BCUT2D eigenvalue weighted by Gasteiger charge is -2.26. The van der Waals surface area contributed by atoms with Crippen LogP contribution in [0.5, 0.6) is 5.75 Å². The van der Waals surface area contributed by atoms with E-state index in [-0.39, 0.29) is 5.91 Å². The lowest BCUT2D eigenvalue weighted by molar-refractivity contribution is 0.0323. The molecule has 4 N–H and O–H groups in total. The molecule has 2 aliphatic rings. The van der Waals surface area contributed by atoms with Crippen LogP contribution in [-0.2, 0) is 4.74 Å². The number of aryl methyl sites for hydroxylation is 1. The molecule has 6 rings (SSSR count). The number of carbonyl (C=O) groups is 2. The van der Waals surface area contributed by atoms with Crippen molar-refractivity contribution in [1.29, 1.82) is 0 Å². The SMILES string of the molecule is Cc1cc(-c2cc(C(=O)Nc3ccn[nH]3)ccc2OCCN2CCOCC2)ccc1NC(=O)Nc1cc(C2CC2)on1. The highest BCUT2D eigenvalue weighted by Gasteiger charge is 2.28. The fourth-order valence-electron chi connectivity index (χ4n) is 4.80. The van der Waals surface area contributed by atoms with Gasteiger partial charge in [-0.05, 0) is 61.2 Å². The number of H-pyrrole nitrogens is 1. The maximum Gasteiger partial charge on any atom is 0.324 e. The van der Waals surface area contributed by atoms with Gasteiger partial charge in [0.05, 0.1) is 19.4 Å². The number of ether oxygens (including phenoxy) is 2. The molecule has 1 saturated carbocycles. The fourth-order valence-corrected chi connectivity index (χ4v) is 4.80. The second-order valence-corrected chi connectivity index (χ2v) is 10.4. The second-order valence-electron chi connectivity index (χ2n) is 10.4. The zero-order valence-electron chi connectivity index (χ0n) is 23.3. The van der Waals surface area contributed by atoms with E-state index in [0.717, 1.165) is 68.1 Å². The van der Waals surface area contributed by atoms with Crippen LogP contribution in [0.25, 0.3) is 11.1 Å². The minimum absolute atomic E-state index is 0.273. The van der Waals surface area contributed by atoms with Crippen molar-refractivity contribution in [1.82, 2.24) is 20.3 Å². The molecule has 0 bridgehead atoms. The maximum atomic E-state index is 13.0. The molecular weight excluding hydrogens is 538 g/mol. The van der Waals surface area contributed by atoms with Crippen molar-refractivity contribution >= 4 is 29.3 Å². The summed E-state index contributed by atoms with van der Waals surface area (Å²) in [4.78, 5) is 27.9. The maximum absolute atomic E-state index is 13.0. The minimum atomic E-state index is -0.411. The van der Waals surface area contributed by atoms with Gasteiger partial charge in [0, 0.05) is 54.5 Å². The molecule has 12 heteroatoms. The highest BCUT2D eigenvalue weighted by Crippen LogP contribution is 2.40. The molecule has 12 nitrogen and oxygen atoms in total. The summed E-state index contributed by atoms with van der Waals surface area (Å²) in [6.07, 6.45) is 3.75. The zero-order chi connectivity index (χ0) is 28.9. The number of hydrogen-bond donors (Lipinski definition) is 4. The van der Waals surface area contributed by atoms with Gasteiger partial charge in [0.2, 0.25) is 0 Å². The van der Waals surface area contributed by atoms with Crippen molar-refractivity contribution < 1.29 is 23.6 Å². The van der Waals surface area contributed by atoms with E-state index in [1.165, 1.54) is 0 Å². The van der Waals surface area contributed by atoms with Gasteiger partial charge in [-0.3, -0.25) is 20.1 Å². The molecule has 1 saturated heterocycles. The van der Waals surface area contributed by atoms with Gasteiger partial charge in [0.25, 0.3) is 5.91 Å². The van der Waals surface area contributed by atoms with Gasteiger partial charge in [-0.15, -0.1) is 0 Å². The monoisotopic (exact) mass is 571 g/mol. The summed E-state index contributed by atoms with van der Waals surface area (Å²) in [6.45, 7) is 6.39. The van der Waals surface area contributed by atoms with Crippen LogP contribution in [0.1, 0.15) is 40.4 Å². The van der Waals surface area contributed by atoms with Gasteiger partial charge in [0.15, 0.2) is 5.82 Å². The van der Waals surface area contributed by atoms with Crippen LogP contribution in [0.2, 0.25) is 0 Å². The van der Waals surface area contributed by atoms with E-state index >= 15 is 0 Å². The Balaban J connectivity index is 1.18. The topological polar surface area (TPSA) is 147 Å². The average Bonchev–Trinajstić information content (AvgIpc) is 3.52. The van der Waals surface area contributed by atoms with Crippen LogP contribution in [0.4, 0.5) is 22.1 Å². The molecule has 3 amide bonds. The number of hydrogen-bond acceptors (Lipinski definition) is 8. The third kappa shape index (κ3) is 6.78. The van der Waals surface area contributed by atoms with Crippen LogP contribution in [0.3, 0.4) is 0 Å². The minimum Gasteiger partial charge on any atom is -0.492 e. The summed E-state index contributed by atoms with van der Waals surface area (Å²) in [5.41, 5.74) is 3.57. The fraction of sp³-hybridized carbons (Fsp3) is 0.333. The van der Waals surface area contributed by atoms with E-state index in [0.29, 0.717) is 41.2 Å². The Bertz CT molecular complexity index is 1540. The van der Waals surface area contributed by atoms with Crippen molar-refractivity contribution in [2.75, 3.05) is 55.4 Å². The third-order valence-electron chi connectivity index (χ3n) is 7.29. The number of benzene rings is 2. The van der Waals surface area contributed by atoms with Crippen LogP contribution in [0, 0.1) is 6.92 Å². The van der Waals surface area contributed by atoms with Gasteiger partial charge in [-0.25, -0.2) is 4.79 Å². The Hall–Kier alpha value is -4.68. The average molecular weight is 572 g/mol. The molecule has 0 atom stereocenters. The number of nitrogens with zero attached hydrogens (tertiary/aromatic N) is 3.